The molecule has 3 aromatic rings. The molecule has 1 aromatic carbocycles. The first-order chi connectivity index (χ1) is 18.1. The lowest BCUT2D eigenvalue weighted by molar-refractivity contribution is -0.169. The molecule has 2 fully saturated rings. The van der Waals surface area contributed by atoms with Gasteiger partial charge < -0.3 is 19.9 Å². The number of nitrogens with zero attached hydrogens (tertiary/aromatic N) is 5. The molecule has 0 saturated carbocycles. The lowest BCUT2D eigenvalue weighted by atomic mass is 9.98. The SMILES string of the molecule is Cc1cc(F)c(NC(=O)N2CCC(C(F)(F)F)C2)cc1-c1cc(-c2cnn(C)c2)nc(N2CCOCC2)c1. The molecule has 1 unspecified atom stereocenters. The molecular weight excluding hydrogens is 504 g/mol. The second-order valence-electron chi connectivity index (χ2n) is 9.65. The highest BCUT2D eigenvalue weighted by Gasteiger charge is 2.44. The van der Waals surface area contributed by atoms with Crippen LogP contribution < -0.4 is 10.2 Å². The predicted molar refractivity (Wildman–Crippen MR) is 134 cm³/mol. The Hall–Kier alpha value is -3.67. The van der Waals surface area contributed by atoms with Gasteiger partial charge in [0.25, 0.3) is 0 Å². The lowest BCUT2D eigenvalue weighted by Gasteiger charge is -2.28. The van der Waals surface area contributed by atoms with Crippen LogP contribution in [0.15, 0.2) is 36.7 Å². The van der Waals surface area contributed by atoms with Gasteiger partial charge in [0.1, 0.15) is 11.6 Å². The van der Waals surface area contributed by atoms with Gasteiger partial charge in [-0.2, -0.15) is 18.3 Å². The summed E-state index contributed by atoms with van der Waals surface area (Å²) in [6, 6.07) is 5.86. The number of aromatic nitrogens is 3. The van der Waals surface area contributed by atoms with Crippen LogP contribution in [0.2, 0.25) is 0 Å². The van der Waals surface area contributed by atoms with Crippen molar-refractivity contribution in [2.75, 3.05) is 49.6 Å². The number of halogens is 4. The zero-order valence-electron chi connectivity index (χ0n) is 21.1. The van der Waals surface area contributed by atoms with Gasteiger partial charge in [-0.05, 0) is 54.3 Å². The number of anilines is 2. The molecule has 8 nitrogen and oxygen atoms in total. The van der Waals surface area contributed by atoms with Crippen LogP contribution in [-0.4, -0.2) is 71.3 Å². The molecule has 4 heterocycles. The van der Waals surface area contributed by atoms with Crippen molar-refractivity contribution in [3.63, 3.8) is 0 Å². The van der Waals surface area contributed by atoms with Crippen LogP contribution in [0.4, 0.5) is 33.9 Å². The fraction of sp³-hybridized carbons (Fsp3) is 0.423. The summed E-state index contributed by atoms with van der Waals surface area (Å²) >= 11 is 0. The van der Waals surface area contributed by atoms with Crippen molar-refractivity contribution < 1.29 is 27.1 Å². The van der Waals surface area contributed by atoms with Crippen LogP contribution in [-0.2, 0) is 11.8 Å². The van der Waals surface area contributed by atoms with Crippen LogP contribution in [0.25, 0.3) is 22.4 Å². The second kappa shape index (κ2) is 10.2. The van der Waals surface area contributed by atoms with E-state index in [1.165, 1.54) is 12.1 Å². The second-order valence-corrected chi connectivity index (χ2v) is 9.65. The van der Waals surface area contributed by atoms with Gasteiger partial charge in [-0.3, -0.25) is 4.68 Å². The number of hydrogen-bond donors (Lipinski definition) is 1. The van der Waals surface area contributed by atoms with Crippen molar-refractivity contribution in [2.45, 2.75) is 19.5 Å². The Morgan fingerprint density at radius 2 is 1.87 bits per heavy atom. The number of carbonyl (C=O) groups is 1. The third-order valence-corrected chi connectivity index (χ3v) is 6.95. The van der Waals surface area contributed by atoms with Crippen LogP contribution in [0.3, 0.4) is 0 Å². The van der Waals surface area contributed by atoms with Gasteiger partial charge >= 0.3 is 12.2 Å². The average Bonchev–Trinajstić information content (AvgIpc) is 3.56. The summed E-state index contributed by atoms with van der Waals surface area (Å²) in [6.45, 7) is 3.76. The molecule has 0 bridgehead atoms. The smallest absolute Gasteiger partial charge is 0.378 e. The van der Waals surface area contributed by atoms with Crippen molar-refractivity contribution >= 4 is 17.5 Å². The summed E-state index contributed by atoms with van der Waals surface area (Å²) in [5.74, 6) is -1.51. The number of pyridine rings is 1. The molecule has 2 aliphatic heterocycles. The number of hydrogen-bond acceptors (Lipinski definition) is 5. The van der Waals surface area contributed by atoms with Crippen LogP contribution in [0.5, 0.6) is 0 Å². The van der Waals surface area contributed by atoms with Gasteiger partial charge in [0.2, 0.25) is 0 Å². The van der Waals surface area contributed by atoms with E-state index in [2.05, 4.69) is 15.3 Å². The van der Waals surface area contributed by atoms with E-state index in [0.717, 1.165) is 21.8 Å². The van der Waals surface area contributed by atoms with Crippen LogP contribution in [0.1, 0.15) is 12.0 Å². The molecule has 2 amide bonds. The molecule has 202 valence electrons. The van der Waals surface area contributed by atoms with Crippen LogP contribution >= 0.6 is 0 Å². The Morgan fingerprint density at radius 3 is 2.53 bits per heavy atom. The number of ether oxygens (including phenoxy) is 1. The zero-order valence-corrected chi connectivity index (χ0v) is 21.1. The predicted octanol–water partition coefficient (Wildman–Crippen LogP) is 4.85. The Labute approximate surface area is 217 Å². The average molecular weight is 533 g/mol. The summed E-state index contributed by atoms with van der Waals surface area (Å²) in [5.41, 5.74) is 3.45. The van der Waals surface area contributed by atoms with Crippen molar-refractivity contribution in [2.24, 2.45) is 13.0 Å². The molecule has 2 aliphatic rings. The maximum Gasteiger partial charge on any atom is 0.393 e. The number of morpholine rings is 1. The van der Waals surface area contributed by atoms with Crippen molar-refractivity contribution in [3.05, 3.63) is 48.0 Å². The Kier molecular flexibility index (Phi) is 6.99. The van der Waals surface area contributed by atoms with E-state index in [1.54, 1.807) is 17.8 Å². The Bertz CT molecular complexity index is 1340. The maximum atomic E-state index is 14.9. The van der Waals surface area contributed by atoms with E-state index in [0.29, 0.717) is 43.1 Å². The van der Waals surface area contributed by atoms with Crippen molar-refractivity contribution in [3.8, 4) is 22.4 Å². The Morgan fingerprint density at radius 1 is 1.11 bits per heavy atom. The summed E-state index contributed by atoms with van der Waals surface area (Å²) < 4.78 is 61.2. The molecule has 0 aliphatic carbocycles. The minimum atomic E-state index is -4.37. The third-order valence-electron chi connectivity index (χ3n) is 6.95. The summed E-state index contributed by atoms with van der Waals surface area (Å²) in [4.78, 5) is 20.7. The van der Waals surface area contributed by atoms with E-state index in [1.807, 2.05) is 25.4 Å². The number of amides is 2. The molecule has 0 radical (unpaired) electrons. The van der Waals surface area contributed by atoms with E-state index >= 15 is 0 Å². The molecule has 1 N–H and O–H groups in total. The molecule has 2 aromatic heterocycles. The first kappa shape index (κ1) is 26.0. The van der Waals surface area contributed by atoms with Gasteiger partial charge in [0.05, 0.1) is 36.7 Å². The van der Waals surface area contributed by atoms with Crippen LogP contribution in [0, 0.1) is 18.7 Å². The molecule has 12 heteroatoms. The highest BCUT2D eigenvalue weighted by Crippen LogP contribution is 2.36. The Balaban J connectivity index is 1.48. The fourth-order valence-electron chi connectivity index (χ4n) is 4.81. The summed E-state index contributed by atoms with van der Waals surface area (Å²) in [6.07, 6.45) is -0.981. The van der Waals surface area contributed by atoms with Crippen molar-refractivity contribution in [1.29, 1.82) is 0 Å². The fourth-order valence-corrected chi connectivity index (χ4v) is 4.81. The number of rotatable bonds is 4. The van der Waals surface area contributed by atoms with E-state index in [-0.39, 0.29) is 18.7 Å². The maximum absolute atomic E-state index is 14.9. The first-order valence-electron chi connectivity index (χ1n) is 12.4. The monoisotopic (exact) mass is 532 g/mol. The lowest BCUT2D eigenvalue weighted by Crippen LogP contribution is -2.36. The number of aryl methyl sites for hydroxylation is 2. The van der Waals surface area contributed by atoms with E-state index < -0.39 is 30.5 Å². The van der Waals surface area contributed by atoms with Crippen molar-refractivity contribution in [1.82, 2.24) is 19.7 Å². The van der Waals surface area contributed by atoms with E-state index in [4.69, 9.17) is 9.72 Å². The molecule has 5 rings (SSSR count). The number of nitrogens with one attached hydrogen (secondary N) is 1. The number of alkyl halides is 3. The molecule has 38 heavy (non-hydrogen) atoms. The van der Waals surface area contributed by atoms with Gasteiger partial charge in [0.15, 0.2) is 0 Å². The topological polar surface area (TPSA) is 75.5 Å². The molecule has 0 spiro atoms. The number of carbonyl (C=O) groups excluding carboxylic acids is 1. The van der Waals surface area contributed by atoms with Gasteiger partial charge in [-0.25, -0.2) is 14.2 Å². The van der Waals surface area contributed by atoms with Gasteiger partial charge in [-0.15, -0.1) is 0 Å². The minimum absolute atomic E-state index is 0.0436. The normalized spacial score (nSPS) is 18.2. The van der Waals surface area contributed by atoms with Gasteiger partial charge in [0, 0.05) is 45.0 Å². The highest BCUT2D eigenvalue weighted by molar-refractivity contribution is 5.91. The quantitative estimate of drug-likeness (QED) is 0.487. The molecular formula is C26H28F4N6O2. The molecule has 1 atom stereocenters. The summed E-state index contributed by atoms with van der Waals surface area (Å²) in [7, 11) is 1.81. The van der Waals surface area contributed by atoms with Gasteiger partial charge in [-0.1, -0.05) is 0 Å². The minimum Gasteiger partial charge on any atom is -0.378 e. The van der Waals surface area contributed by atoms with E-state index in [9.17, 15) is 22.4 Å². The zero-order chi connectivity index (χ0) is 27.0. The summed E-state index contributed by atoms with van der Waals surface area (Å²) in [5, 5.41) is 6.72. The molecule has 2 saturated heterocycles. The number of benzene rings is 1. The number of urea groups is 1. The number of likely N-dealkylation sites (tertiary alicyclic amines) is 1. The first-order valence-corrected chi connectivity index (χ1v) is 12.4. The standard InChI is InChI=1S/C26H28F4N6O2/c1-16-9-21(27)23(33-25(37)36-4-3-19(15-36)26(28,29)30)12-20(16)17-10-22(18-13-31-34(2)14-18)32-24(11-17)35-5-7-38-8-6-35/h9-14,19H,3-8,15H2,1-2H3,(H,33,37). The highest BCUT2D eigenvalue weighted by atomic mass is 19.4. The largest absolute Gasteiger partial charge is 0.393 e. The third kappa shape index (κ3) is 5.45.